The second-order valence-electron chi connectivity index (χ2n) is 5.80. The highest BCUT2D eigenvalue weighted by Gasteiger charge is 2.43. The minimum atomic E-state index is -3.50. The summed E-state index contributed by atoms with van der Waals surface area (Å²) in [5, 5.41) is 0. The van der Waals surface area contributed by atoms with E-state index in [0.717, 1.165) is 0 Å². The quantitative estimate of drug-likeness (QED) is 0.870. The largest absolute Gasteiger partial charge is 0.366 e. The summed E-state index contributed by atoms with van der Waals surface area (Å²) < 4.78 is 51.2. The number of sulfone groups is 1. The Kier molecular flexibility index (Phi) is 4.84. The molecule has 1 atom stereocenters. The highest BCUT2D eigenvalue weighted by atomic mass is 32.2. The Labute approximate surface area is 128 Å². The third-order valence-corrected chi connectivity index (χ3v) is 5.67. The van der Waals surface area contributed by atoms with Gasteiger partial charge in [-0.25, -0.2) is 17.2 Å². The average molecular weight is 331 g/mol. The number of hydrogen-bond donors (Lipinski definition) is 1. The molecule has 0 saturated heterocycles. The van der Waals surface area contributed by atoms with Crippen molar-refractivity contribution in [2.75, 3.05) is 5.75 Å². The van der Waals surface area contributed by atoms with Gasteiger partial charge in [-0.2, -0.15) is 0 Å². The minimum Gasteiger partial charge on any atom is -0.366 e. The first kappa shape index (κ1) is 16.9. The van der Waals surface area contributed by atoms with Gasteiger partial charge < -0.3 is 5.73 Å². The van der Waals surface area contributed by atoms with E-state index in [1.807, 2.05) is 0 Å². The molecular formula is C15H19F2NO3S. The van der Waals surface area contributed by atoms with Crippen LogP contribution in [0.15, 0.2) is 24.3 Å². The maximum Gasteiger partial charge on any atom is 0.250 e. The Bertz CT molecular complexity index is 659. The van der Waals surface area contributed by atoms with Crippen molar-refractivity contribution >= 4 is 15.7 Å². The SMILES string of the molecule is NC(=O)c1cccc(CS(=O)(=O)CCC2CCCC2(F)F)c1. The van der Waals surface area contributed by atoms with E-state index >= 15 is 0 Å². The first-order valence-electron chi connectivity index (χ1n) is 7.17. The molecule has 0 aliphatic heterocycles. The Balaban J connectivity index is 1.99. The van der Waals surface area contributed by atoms with Gasteiger partial charge in [0.15, 0.2) is 9.84 Å². The molecule has 7 heteroatoms. The minimum absolute atomic E-state index is 0.0230. The molecule has 22 heavy (non-hydrogen) atoms. The predicted molar refractivity (Wildman–Crippen MR) is 79.4 cm³/mol. The fraction of sp³-hybridized carbons (Fsp3) is 0.533. The first-order valence-corrected chi connectivity index (χ1v) is 8.99. The molecule has 1 aliphatic carbocycles. The zero-order valence-corrected chi connectivity index (χ0v) is 12.9. The van der Waals surface area contributed by atoms with E-state index < -0.39 is 27.6 Å². The highest BCUT2D eigenvalue weighted by Crippen LogP contribution is 2.42. The molecule has 1 aliphatic rings. The molecule has 1 amide bonds. The van der Waals surface area contributed by atoms with Crippen molar-refractivity contribution in [3.8, 4) is 0 Å². The summed E-state index contributed by atoms with van der Waals surface area (Å²) in [7, 11) is -3.50. The van der Waals surface area contributed by atoms with Gasteiger partial charge in [0.1, 0.15) is 0 Å². The third kappa shape index (κ3) is 4.25. The summed E-state index contributed by atoms with van der Waals surface area (Å²) in [6.45, 7) is 0. The molecule has 2 rings (SSSR count). The van der Waals surface area contributed by atoms with Gasteiger partial charge in [-0.15, -0.1) is 0 Å². The van der Waals surface area contributed by atoms with Crippen molar-refractivity contribution in [3.63, 3.8) is 0 Å². The number of hydrogen-bond acceptors (Lipinski definition) is 3. The van der Waals surface area contributed by atoms with E-state index in [4.69, 9.17) is 5.73 Å². The number of rotatable bonds is 6. The lowest BCUT2D eigenvalue weighted by atomic mass is 10.0. The molecule has 1 aromatic carbocycles. The third-order valence-electron chi connectivity index (χ3n) is 4.04. The number of nitrogens with two attached hydrogens (primary N) is 1. The molecular weight excluding hydrogens is 312 g/mol. The number of carbonyl (C=O) groups is 1. The number of halogens is 2. The average Bonchev–Trinajstić information content (AvgIpc) is 2.75. The maximum atomic E-state index is 13.5. The van der Waals surface area contributed by atoms with Gasteiger partial charge in [0.25, 0.3) is 5.92 Å². The number of amides is 1. The van der Waals surface area contributed by atoms with E-state index in [1.54, 1.807) is 12.1 Å². The van der Waals surface area contributed by atoms with Crippen LogP contribution in [0.4, 0.5) is 8.78 Å². The number of carbonyl (C=O) groups excluding carboxylic acids is 1. The number of benzene rings is 1. The Morgan fingerprint density at radius 1 is 1.36 bits per heavy atom. The lowest BCUT2D eigenvalue weighted by Crippen LogP contribution is -2.24. The monoisotopic (exact) mass is 331 g/mol. The van der Waals surface area contributed by atoms with Crippen LogP contribution in [0.25, 0.3) is 0 Å². The normalized spacial score (nSPS) is 20.9. The van der Waals surface area contributed by atoms with Gasteiger partial charge in [0, 0.05) is 17.9 Å². The molecule has 1 aromatic rings. The molecule has 1 unspecified atom stereocenters. The van der Waals surface area contributed by atoms with Crippen molar-refractivity contribution in [1.82, 2.24) is 0 Å². The molecule has 122 valence electrons. The van der Waals surface area contributed by atoms with Crippen molar-refractivity contribution in [2.45, 2.75) is 37.4 Å². The second-order valence-corrected chi connectivity index (χ2v) is 7.98. The van der Waals surface area contributed by atoms with Crippen LogP contribution in [0.1, 0.15) is 41.6 Å². The van der Waals surface area contributed by atoms with Crippen LogP contribution >= 0.6 is 0 Å². The molecule has 0 heterocycles. The number of primary amides is 1. The van der Waals surface area contributed by atoms with Crippen LogP contribution in [0.3, 0.4) is 0 Å². The molecule has 1 saturated carbocycles. The molecule has 2 N–H and O–H groups in total. The lowest BCUT2D eigenvalue weighted by Gasteiger charge is -2.18. The second kappa shape index (κ2) is 6.32. The summed E-state index contributed by atoms with van der Waals surface area (Å²) in [5.74, 6) is -4.77. The highest BCUT2D eigenvalue weighted by molar-refractivity contribution is 7.90. The summed E-state index contributed by atoms with van der Waals surface area (Å²) >= 11 is 0. The van der Waals surface area contributed by atoms with E-state index in [2.05, 4.69) is 0 Å². The molecule has 0 bridgehead atoms. The Hall–Kier alpha value is -1.50. The molecule has 1 fully saturated rings. The predicted octanol–water partition coefficient (Wildman–Crippen LogP) is 2.53. The zero-order chi connectivity index (χ0) is 16.4. The lowest BCUT2D eigenvalue weighted by molar-refractivity contribution is -0.0374. The van der Waals surface area contributed by atoms with E-state index in [1.165, 1.54) is 12.1 Å². The van der Waals surface area contributed by atoms with E-state index in [9.17, 15) is 22.0 Å². The van der Waals surface area contributed by atoms with Crippen molar-refractivity contribution < 1.29 is 22.0 Å². The van der Waals surface area contributed by atoms with Crippen molar-refractivity contribution in [2.24, 2.45) is 11.7 Å². The summed E-state index contributed by atoms with van der Waals surface area (Å²) in [4.78, 5) is 11.1. The van der Waals surface area contributed by atoms with Gasteiger partial charge in [-0.1, -0.05) is 12.1 Å². The van der Waals surface area contributed by atoms with Crippen LogP contribution in [0, 0.1) is 5.92 Å². The fourth-order valence-corrected chi connectivity index (χ4v) is 4.29. The van der Waals surface area contributed by atoms with Crippen molar-refractivity contribution in [1.29, 1.82) is 0 Å². The van der Waals surface area contributed by atoms with Gasteiger partial charge in [0.05, 0.1) is 11.5 Å². The van der Waals surface area contributed by atoms with Crippen LogP contribution < -0.4 is 5.73 Å². The summed E-state index contributed by atoms with van der Waals surface area (Å²) in [6, 6.07) is 6.05. The Morgan fingerprint density at radius 2 is 2.09 bits per heavy atom. The Morgan fingerprint density at radius 3 is 2.68 bits per heavy atom. The summed E-state index contributed by atoms with van der Waals surface area (Å²) in [6.07, 6.45) is 0.640. The number of alkyl halides is 2. The molecule has 0 spiro atoms. The topological polar surface area (TPSA) is 77.2 Å². The van der Waals surface area contributed by atoms with E-state index in [0.29, 0.717) is 18.4 Å². The van der Waals surface area contributed by atoms with Crippen LogP contribution in [0.5, 0.6) is 0 Å². The fourth-order valence-electron chi connectivity index (χ4n) is 2.82. The van der Waals surface area contributed by atoms with Crippen LogP contribution in [-0.2, 0) is 15.6 Å². The van der Waals surface area contributed by atoms with Gasteiger partial charge in [-0.3, -0.25) is 4.79 Å². The molecule has 0 aromatic heterocycles. The molecule has 4 nitrogen and oxygen atoms in total. The smallest absolute Gasteiger partial charge is 0.250 e. The molecule has 0 radical (unpaired) electrons. The zero-order valence-electron chi connectivity index (χ0n) is 12.1. The summed E-state index contributed by atoms with van der Waals surface area (Å²) in [5.41, 5.74) is 5.82. The van der Waals surface area contributed by atoms with Crippen molar-refractivity contribution in [3.05, 3.63) is 35.4 Å². The maximum absolute atomic E-state index is 13.5. The standard InChI is InChI=1S/C15H19F2NO3S/c16-15(17)7-2-5-13(15)6-8-22(20,21)10-11-3-1-4-12(9-11)14(18)19/h1,3-4,9,13H,2,5-8,10H2,(H2,18,19). The van der Waals surface area contributed by atoms with Gasteiger partial charge >= 0.3 is 0 Å². The van der Waals surface area contributed by atoms with Gasteiger partial charge in [0.2, 0.25) is 5.91 Å². The van der Waals surface area contributed by atoms with E-state index in [-0.39, 0.29) is 29.9 Å². The van der Waals surface area contributed by atoms with Crippen LogP contribution in [0.2, 0.25) is 0 Å². The first-order chi connectivity index (χ1) is 10.2. The van der Waals surface area contributed by atoms with Gasteiger partial charge in [-0.05, 0) is 37.0 Å². The van der Waals surface area contributed by atoms with Crippen LogP contribution in [-0.4, -0.2) is 26.0 Å².